The molecule has 1 saturated carbocycles. The Balaban J connectivity index is 2.04. The molecule has 0 radical (unpaired) electrons. The number of carbonyl (C=O) groups excluding carboxylic acids is 1. The zero-order valence-corrected chi connectivity index (χ0v) is 15.4. The maximum Gasteiger partial charge on any atom is 0.164 e. The Labute approximate surface area is 145 Å². The molecule has 2 aliphatic heterocycles. The van der Waals surface area contributed by atoms with Crippen molar-refractivity contribution in [1.29, 1.82) is 0 Å². The van der Waals surface area contributed by atoms with E-state index in [-0.39, 0.29) is 36.2 Å². The van der Waals surface area contributed by atoms with E-state index in [0.717, 1.165) is 18.4 Å². The van der Waals surface area contributed by atoms with E-state index >= 15 is 0 Å². The second-order valence-electron chi connectivity index (χ2n) is 9.06. The van der Waals surface area contributed by atoms with Crippen LogP contribution >= 0.6 is 0 Å². The summed E-state index contributed by atoms with van der Waals surface area (Å²) in [6.07, 6.45) is 2.33. The average molecular weight is 336 g/mol. The third kappa shape index (κ3) is 2.87. The predicted octanol–water partition coefficient (Wildman–Crippen LogP) is 2.86. The number of ether oxygens (including phenoxy) is 1. The molecule has 3 rings (SSSR count). The molecule has 2 bridgehead atoms. The summed E-state index contributed by atoms with van der Waals surface area (Å²) >= 11 is 0. The Kier molecular flexibility index (Phi) is 4.47. The summed E-state index contributed by atoms with van der Waals surface area (Å²) in [7, 11) is 0. The fourth-order valence-electron chi connectivity index (χ4n) is 5.33. The van der Waals surface area contributed by atoms with Crippen LogP contribution in [0, 0.1) is 23.7 Å². The molecule has 1 aliphatic carbocycles. The summed E-state index contributed by atoms with van der Waals surface area (Å²) in [5.41, 5.74) is -1.29. The lowest BCUT2D eigenvalue weighted by Crippen LogP contribution is -2.49. The number of Topliss-reactive ketones (excluding diaryl/α,β-unsaturated/α-hetero) is 1. The molecule has 24 heavy (non-hydrogen) atoms. The summed E-state index contributed by atoms with van der Waals surface area (Å²) < 4.78 is 6.36. The first kappa shape index (κ1) is 18.1. The second-order valence-corrected chi connectivity index (χ2v) is 9.06. The summed E-state index contributed by atoms with van der Waals surface area (Å²) in [5.74, 6) is 1.13. The van der Waals surface area contributed by atoms with Crippen molar-refractivity contribution < 1.29 is 19.7 Å². The SMILES string of the molecule is C=C1CCC(C(C)C)C2C1C1CC(C)(O)C(=O)CCC(C)(O)C2O1. The van der Waals surface area contributed by atoms with Crippen molar-refractivity contribution in [1.82, 2.24) is 0 Å². The van der Waals surface area contributed by atoms with Gasteiger partial charge < -0.3 is 14.9 Å². The Hall–Kier alpha value is -0.710. The van der Waals surface area contributed by atoms with Crippen molar-refractivity contribution in [3.8, 4) is 0 Å². The quantitative estimate of drug-likeness (QED) is 0.723. The van der Waals surface area contributed by atoms with Crippen LogP contribution in [0.1, 0.15) is 59.8 Å². The highest BCUT2D eigenvalue weighted by molar-refractivity contribution is 5.86. The molecule has 7 unspecified atom stereocenters. The van der Waals surface area contributed by atoms with Gasteiger partial charge in [0.25, 0.3) is 0 Å². The zero-order chi connectivity index (χ0) is 17.9. The van der Waals surface area contributed by atoms with Gasteiger partial charge in [-0.25, -0.2) is 0 Å². The van der Waals surface area contributed by atoms with Gasteiger partial charge in [0, 0.05) is 18.8 Å². The molecule has 2 saturated heterocycles. The van der Waals surface area contributed by atoms with Gasteiger partial charge in [0.2, 0.25) is 0 Å². The lowest BCUT2D eigenvalue weighted by Gasteiger charge is -2.44. The van der Waals surface area contributed by atoms with Crippen LogP contribution in [0.25, 0.3) is 0 Å². The highest BCUT2D eigenvalue weighted by atomic mass is 16.5. The van der Waals surface area contributed by atoms with E-state index in [2.05, 4.69) is 20.4 Å². The molecule has 2 N–H and O–H groups in total. The molecule has 3 aliphatic rings. The summed E-state index contributed by atoms with van der Waals surface area (Å²) in [6.45, 7) is 12.1. The first-order valence-corrected chi connectivity index (χ1v) is 9.36. The van der Waals surface area contributed by atoms with Crippen LogP contribution in [0.4, 0.5) is 0 Å². The molecule has 0 aromatic heterocycles. The zero-order valence-electron chi connectivity index (χ0n) is 15.4. The number of fused-ring (bicyclic) bond motifs is 5. The third-order valence-electron chi connectivity index (χ3n) is 6.78. The van der Waals surface area contributed by atoms with Gasteiger partial charge in [-0.2, -0.15) is 0 Å². The Bertz CT molecular complexity index is 534. The van der Waals surface area contributed by atoms with Crippen molar-refractivity contribution >= 4 is 5.78 Å². The van der Waals surface area contributed by atoms with E-state index in [1.807, 2.05) is 0 Å². The van der Waals surface area contributed by atoms with Gasteiger partial charge in [0.05, 0.1) is 17.8 Å². The largest absolute Gasteiger partial charge is 0.387 e. The van der Waals surface area contributed by atoms with Crippen LogP contribution in [0.15, 0.2) is 12.2 Å². The molecular weight excluding hydrogens is 304 g/mol. The normalized spacial score (nSPS) is 49.5. The maximum absolute atomic E-state index is 12.4. The standard InChI is InChI=1S/C20H32O4/c1-11(2)13-7-6-12(3)16-14-10-20(5,23)15(21)8-9-19(4,22)18(24-14)17(13)16/h11,13-14,16-18,22-23H,3,6-10H2,1-2,4-5H3. The van der Waals surface area contributed by atoms with Crippen LogP contribution in [-0.2, 0) is 9.53 Å². The van der Waals surface area contributed by atoms with Crippen LogP contribution in [-0.4, -0.2) is 39.4 Å². The summed E-state index contributed by atoms with van der Waals surface area (Å²) in [4.78, 5) is 12.4. The molecule has 0 aromatic rings. The smallest absolute Gasteiger partial charge is 0.164 e. The van der Waals surface area contributed by atoms with E-state index in [1.54, 1.807) is 13.8 Å². The Morgan fingerprint density at radius 1 is 1.25 bits per heavy atom. The highest BCUT2D eigenvalue weighted by Crippen LogP contribution is 2.54. The van der Waals surface area contributed by atoms with Crippen LogP contribution < -0.4 is 0 Å². The fourth-order valence-corrected chi connectivity index (χ4v) is 5.33. The second kappa shape index (κ2) is 5.93. The van der Waals surface area contributed by atoms with Crippen LogP contribution in [0.2, 0.25) is 0 Å². The average Bonchev–Trinajstić information content (AvgIpc) is 2.85. The predicted molar refractivity (Wildman–Crippen MR) is 92.4 cm³/mol. The van der Waals surface area contributed by atoms with Crippen molar-refractivity contribution in [2.75, 3.05) is 0 Å². The lowest BCUT2D eigenvalue weighted by molar-refractivity contribution is -0.139. The van der Waals surface area contributed by atoms with Gasteiger partial charge in [-0.05, 0) is 50.9 Å². The molecular formula is C20H32O4. The first-order valence-electron chi connectivity index (χ1n) is 9.36. The fraction of sp³-hybridized carbons (Fsp3) is 0.850. The van der Waals surface area contributed by atoms with Crippen LogP contribution in [0.5, 0.6) is 0 Å². The van der Waals surface area contributed by atoms with Gasteiger partial charge in [-0.15, -0.1) is 0 Å². The molecule has 4 nitrogen and oxygen atoms in total. The molecule has 4 heteroatoms. The minimum absolute atomic E-state index is 0.125. The van der Waals surface area contributed by atoms with Gasteiger partial charge in [0.1, 0.15) is 5.60 Å². The Morgan fingerprint density at radius 2 is 1.92 bits per heavy atom. The molecule has 0 spiro atoms. The van der Waals surface area contributed by atoms with E-state index in [1.165, 1.54) is 0 Å². The number of ketones is 1. The molecule has 0 aromatic carbocycles. The monoisotopic (exact) mass is 336 g/mol. The Morgan fingerprint density at radius 3 is 2.54 bits per heavy atom. The van der Waals surface area contributed by atoms with Gasteiger partial charge >= 0.3 is 0 Å². The summed E-state index contributed by atoms with van der Waals surface area (Å²) in [6, 6.07) is 0. The number of aliphatic hydroxyl groups is 2. The van der Waals surface area contributed by atoms with Crippen molar-refractivity contribution in [2.45, 2.75) is 83.2 Å². The molecule has 0 amide bonds. The number of rotatable bonds is 1. The first-order chi connectivity index (χ1) is 11.0. The summed E-state index contributed by atoms with van der Waals surface area (Å²) in [5, 5.41) is 21.8. The van der Waals surface area contributed by atoms with Crippen LogP contribution in [0.3, 0.4) is 0 Å². The van der Waals surface area contributed by atoms with Gasteiger partial charge in [0.15, 0.2) is 5.78 Å². The topological polar surface area (TPSA) is 66.8 Å². The minimum Gasteiger partial charge on any atom is -0.387 e. The molecule has 2 heterocycles. The van der Waals surface area contributed by atoms with Crippen molar-refractivity contribution in [2.24, 2.45) is 23.7 Å². The van der Waals surface area contributed by atoms with E-state index in [0.29, 0.717) is 24.7 Å². The van der Waals surface area contributed by atoms with Crippen molar-refractivity contribution in [3.63, 3.8) is 0 Å². The number of hydrogen-bond acceptors (Lipinski definition) is 4. The van der Waals surface area contributed by atoms with E-state index < -0.39 is 11.2 Å². The number of carbonyl (C=O) groups is 1. The highest BCUT2D eigenvalue weighted by Gasteiger charge is 2.58. The van der Waals surface area contributed by atoms with Crippen molar-refractivity contribution in [3.05, 3.63) is 12.2 Å². The van der Waals surface area contributed by atoms with E-state index in [9.17, 15) is 15.0 Å². The lowest BCUT2D eigenvalue weighted by atomic mass is 9.60. The van der Waals surface area contributed by atoms with Gasteiger partial charge in [-0.1, -0.05) is 26.0 Å². The molecule has 7 atom stereocenters. The molecule has 136 valence electrons. The molecule has 3 fully saturated rings. The number of hydrogen-bond donors (Lipinski definition) is 2. The van der Waals surface area contributed by atoms with E-state index in [4.69, 9.17) is 4.74 Å². The van der Waals surface area contributed by atoms with Gasteiger partial charge in [-0.3, -0.25) is 4.79 Å². The minimum atomic E-state index is -1.39. The third-order valence-corrected chi connectivity index (χ3v) is 6.78. The maximum atomic E-state index is 12.4.